The fourth-order valence-corrected chi connectivity index (χ4v) is 3.81. The molecule has 0 aliphatic carbocycles. The maximum absolute atomic E-state index is 14.1. The number of likely N-dealkylation sites (tertiary alicyclic amines) is 1. The Morgan fingerprint density at radius 2 is 2.18 bits per heavy atom. The van der Waals surface area contributed by atoms with Crippen LogP contribution in [0.4, 0.5) is 4.39 Å². The van der Waals surface area contributed by atoms with Gasteiger partial charge >= 0.3 is 5.97 Å². The number of carbonyl (C=O) groups excluding carboxylic acids is 2. The molecule has 2 heterocycles. The summed E-state index contributed by atoms with van der Waals surface area (Å²) >= 11 is 6.00. The number of H-pyrrole nitrogens is 1. The predicted molar refractivity (Wildman–Crippen MR) is 119 cm³/mol. The molecule has 0 radical (unpaired) electrons. The molecule has 3 N–H and O–H groups in total. The van der Waals surface area contributed by atoms with E-state index in [-0.39, 0.29) is 40.6 Å². The van der Waals surface area contributed by atoms with E-state index < -0.39 is 23.8 Å². The van der Waals surface area contributed by atoms with E-state index in [4.69, 9.17) is 21.4 Å². The minimum atomic E-state index is -1.23. The molecule has 33 heavy (non-hydrogen) atoms. The first-order chi connectivity index (χ1) is 15.7. The maximum Gasteiger partial charge on any atom is 0.335 e. The molecule has 3 rings (SSSR count). The Morgan fingerprint density at radius 3 is 2.79 bits per heavy atom. The van der Waals surface area contributed by atoms with Gasteiger partial charge in [0.15, 0.2) is 11.0 Å². The average molecular weight is 479 g/mol. The van der Waals surface area contributed by atoms with Crippen molar-refractivity contribution in [1.29, 1.82) is 0 Å². The van der Waals surface area contributed by atoms with E-state index in [0.717, 1.165) is 6.07 Å². The van der Waals surface area contributed by atoms with E-state index in [1.54, 1.807) is 0 Å². The number of methoxy groups -OCH3 is 1. The Balaban J connectivity index is 1.61. The largest absolute Gasteiger partial charge is 0.478 e. The molecular formula is C22H24ClFN4O5. The molecule has 11 heteroatoms. The number of piperidine rings is 1. The highest BCUT2D eigenvalue weighted by Crippen LogP contribution is 2.18. The molecule has 1 saturated heterocycles. The molecule has 1 aliphatic rings. The second-order valence-corrected chi connectivity index (χ2v) is 7.87. The summed E-state index contributed by atoms with van der Waals surface area (Å²) in [6, 6.07) is 3.12. The van der Waals surface area contributed by atoms with Gasteiger partial charge in [0, 0.05) is 31.8 Å². The number of imidazole rings is 1. The van der Waals surface area contributed by atoms with Crippen LogP contribution in [0.25, 0.3) is 6.08 Å². The number of carbonyl (C=O) groups is 3. The highest BCUT2D eigenvalue weighted by molar-refractivity contribution is 6.30. The number of halogens is 2. The molecule has 2 unspecified atom stereocenters. The highest BCUT2D eigenvalue weighted by Gasteiger charge is 2.32. The number of aromatic nitrogens is 2. The minimum Gasteiger partial charge on any atom is -0.478 e. The number of carboxylic acid groups (broad SMARTS) is 1. The zero-order chi connectivity index (χ0) is 24.1. The van der Waals surface area contributed by atoms with Gasteiger partial charge in [-0.25, -0.2) is 14.2 Å². The summed E-state index contributed by atoms with van der Waals surface area (Å²) in [5.74, 6) is -2.62. The minimum absolute atomic E-state index is 0.0994. The molecule has 0 saturated carbocycles. The average Bonchev–Trinajstić information content (AvgIpc) is 3.18. The van der Waals surface area contributed by atoms with Gasteiger partial charge < -0.3 is 25.0 Å². The van der Waals surface area contributed by atoms with E-state index in [1.165, 1.54) is 36.3 Å². The summed E-state index contributed by atoms with van der Waals surface area (Å²) in [5.41, 5.74) is 0.597. The summed E-state index contributed by atoms with van der Waals surface area (Å²) in [7, 11) is 1.49. The van der Waals surface area contributed by atoms with Crippen molar-refractivity contribution in [2.24, 2.45) is 0 Å². The Labute approximate surface area is 194 Å². The topological polar surface area (TPSA) is 125 Å². The molecule has 2 atom stereocenters. The summed E-state index contributed by atoms with van der Waals surface area (Å²) in [6.45, 7) is 2.47. The molecule has 0 bridgehead atoms. The van der Waals surface area contributed by atoms with Crippen LogP contribution >= 0.6 is 11.6 Å². The lowest BCUT2D eigenvalue weighted by molar-refractivity contribution is -0.130. The first-order valence-corrected chi connectivity index (χ1v) is 10.7. The van der Waals surface area contributed by atoms with E-state index in [9.17, 15) is 18.8 Å². The van der Waals surface area contributed by atoms with Gasteiger partial charge in [-0.3, -0.25) is 9.59 Å². The van der Waals surface area contributed by atoms with E-state index >= 15 is 0 Å². The third-order valence-corrected chi connectivity index (χ3v) is 5.75. The maximum atomic E-state index is 14.1. The van der Waals surface area contributed by atoms with Crippen molar-refractivity contribution in [3.05, 3.63) is 57.9 Å². The van der Waals surface area contributed by atoms with Crippen molar-refractivity contribution in [3.63, 3.8) is 0 Å². The summed E-state index contributed by atoms with van der Waals surface area (Å²) in [4.78, 5) is 44.5. The van der Waals surface area contributed by atoms with Crippen LogP contribution in [0.3, 0.4) is 0 Å². The summed E-state index contributed by atoms with van der Waals surface area (Å²) in [6.07, 6.45) is 3.12. The van der Waals surface area contributed by atoms with Crippen molar-refractivity contribution in [1.82, 2.24) is 20.2 Å². The number of aryl methyl sites for hydroxylation is 1. The monoisotopic (exact) mass is 478 g/mol. The number of carboxylic acids is 1. The smallest absolute Gasteiger partial charge is 0.335 e. The summed E-state index contributed by atoms with van der Waals surface area (Å²) < 4.78 is 19.5. The van der Waals surface area contributed by atoms with Crippen molar-refractivity contribution < 1.29 is 28.6 Å². The third-order valence-electron chi connectivity index (χ3n) is 5.44. The Bertz CT molecular complexity index is 1090. The van der Waals surface area contributed by atoms with E-state index in [2.05, 4.69) is 15.3 Å². The molecule has 1 aliphatic heterocycles. The van der Waals surface area contributed by atoms with Gasteiger partial charge in [0.1, 0.15) is 5.82 Å². The number of nitrogens with one attached hydrogen (secondary N) is 2. The van der Waals surface area contributed by atoms with Crippen molar-refractivity contribution in [2.45, 2.75) is 31.9 Å². The summed E-state index contributed by atoms with van der Waals surface area (Å²) in [5, 5.41) is 12.0. The van der Waals surface area contributed by atoms with Gasteiger partial charge in [-0.15, -0.1) is 0 Å². The first kappa shape index (κ1) is 24.4. The Morgan fingerprint density at radius 1 is 1.42 bits per heavy atom. The second-order valence-electron chi connectivity index (χ2n) is 7.51. The van der Waals surface area contributed by atoms with Gasteiger partial charge in [-0.2, -0.15) is 0 Å². The van der Waals surface area contributed by atoms with Crippen molar-refractivity contribution in [2.75, 3.05) is 20.2 Å². The predicted octanol–water partition coefficient (Wildman–Crippen LogP) is 2.52. The first-order valence-electron chi connectivity index (χ1n) is 10.3. The standard InChI is InChI=1S/C22H24ClFN4O5/c1-3-15-19(23)27-20(25-15)21(30)26-16-8-9-28(11-17(16)33-2)18(29)7-6-12-4-5-13(22(31)32)10-14(12)24/h4-7,10,16-17H,3,8-9,11H2,1-2H3,(H,25,27)(H,26,30)(H,31,32)/b7-6+. The molecular weight excluding hydrogens is 455 g/mol. The number of hydrogen-bond donors (Lipinski definition) is 3. The zero-order valence-corrected chi connectivity index (χ0v) is 18.9. The Kier molecular flexibility index (Phi) is 7.83. The van der Waals surface area contributed by atoms with Crippen LogP contribution in [-0.4, -0.2) is 70.1 Å². The lowest BCUT2D eigenvalue weighted by atomic mass is 10.0. The van der Waals surface area contributed by atoms with Crippen molar-refractivity contribution >= 4 is 35.5 Å². The van der Waals surface area contributed by atoms with Gasteiger partial charge in [-0.1, -0.05) is 24.6 Å². The number of nitrogens with zero attached hydrogens (tertiary/aromatic N) is 2. The van der Waals surface area contributed by atoms with Gasteiger partial charge in [-0.05, 0) is 31.1 Å². The molecule has 0 spiro atoms. The quantitative estimate of drug-likeness (QED) is 0.525. The number of aromatic amines is 1. The van der Waals surface area contributed by atoms with Gasteiger partial charge in [0.25, 0.3) is 5.91 Å². The number of ether oxygens (including phenoxy) is 1. The molecule has 2 amide bonds. The fourth-order valence-electron chi connectivity index (χ4n) is 3.55. The molecule has 176 valence electrons. The zero-order valence-electron chi connectivity index (χ0n) is 18.1. The van der Waals surface area contributed by atoms with E-state index in [0.29, 0.717) is 25.1 Å². The van der Waals surface area contributed by atoms with Crippen LogP contribution in [-0.2, 0) is 16.0 Å². The molecule has 2 aromatic rings. The normalized spacial score (nSPS) is 18.5. The fraction of sp³-hybridized carbons (Fsp3) is 0.364. The number of benzene rings is 1. The van der Waals surface area contributed by atoms with Crippen LogP contribution in [0.15, 0.2) is 24.3 Å². The van der Waals surface area contributed by atoms with Crippen molar-refractivity contribution in [3.8, 4) is 0 Å². The SMILES string of the molecule is CCc1[nH]c(C(=O)NC2CCN(C(=O)/C=C/c3ccc(C(=O)O)cc3F)CC2OC)nc1Cl. The number of amides is 2. The number of hydrogen-bond acceptors (Lipinski definition) is 5. The van der Waals surface area contributed by atoms with Crippen LogP contribution in [0, 0.1) is 5.82 Å². The highest BCUT2D eigenvalue weighted by atomic mass is 35.5. The van der Waals surface area contributed by atoms with Crippen LogP contribution < -0.4 is 5.32 Å². The molecule has 1 fully saturated rings. The number of aromatic carboxylic acids is 1. The second kappa shape index (κ2) is 10.6. The molecule has 9 nitrogen and oxygen atoms in total. The molecule has 1 aromatic carbocycles. The third kappa shape index (κ3) is 5.77. The van der Waals surface area contributed by atoms with Crippen LogP contribution in [0.5, 0.6) is 0 Å². The van der Waals surface area contributed by atoms with Crippen LogP contribution in [0.1, 0.15) is 45.6 Å². The van der Waals surface area contributed by atoms with Gasteiger partial charge in [0.05, 0.1) is 23.4 Å². The van der Waals surface area contributed by atoms with Crippen LogP contribution in [0.2, 0.25) is 5.15 Å². The number of rotatable bonds is 7. The Hall–Kier alpha value is -3.24. The lowest BCUT2D eigenvalue weighted by Crippen LogP contribution is -2.55. The molecule has 1 aromatic heterocycles. The van der Waals surface area contributed by atoms with E-state index in [1.807, 2.05) is 6.92 Å². The van der Waals surface area contributed by atoms with Gasteiger partial charge in [0.2, 0.25) is 5.91 Å². The lowest BCUT2D eigenvalue weighted by Gasteiger charge is -2.37.